The number of amides is 1. The summed E-state index contributed by atoms with van der Waals surface area (Å²) in [5, 5.41) is 5.24. The SMILES string of the molecule is CC(C)OC(=O)C(C)NP1(=O)OCOC2[C@@H](CO1)O[C@@H](n1cnc3c(NC(=O)OCc4ccccc4)ncnc31)[C@@]2(C)OCOCc1ccccc1. The third kappa shape index (κ3) is 8.82. The van der Waals surface area contributed by atoms with E-state index < -0.39 is 56.7 Å². The van der Waals surface area contributed by atoms with Gasteiger partial charge < -0.3 is 28.4 Å². The first kappa shape index (κ1) is 37.4. The van der Waals surface area contributed by atoms with Crippen LogP contribution in [0.5, 0.6) is 0 Å². The summed E-state index contributed by atoms with van der Waals surface area (Å²) in [6, 6.07) is 17.8. The van der Waals surface area contributed by atoms with E-state index in [-0.39, 0.29) is 44.1 Å². The number of fused-ring (bicyclic) bond motifs is 2. The van der Waals surface area contributed by atoms with Gasteiger partial charge in [0.1, 0.15) is 43.6 Å². The Morgan fingerprint density at radius 1 is 1.00 bits per heavy atom. The lowest BCUT2D eigenvalue weighted by atomic mass is 9.95. The first-order valence-corrected chi connectivity index (χ1v) is 18.1. The van der Waals surface area contributed by atoms with Gasteiger partial charge in [-0.05, 0) is 38.8 Å². The second kappa shape index (κ2) is 16.6. The van der Waals surface area contributed by atoms with Gasteiger partial charge in [0.05, 0.1) is 25.6 Å². The van der Waals surface area contributed by atoms with Gasteiger partial charge in [-0.1, -0.05) is 60.7 Å². The molecular weight excluding hydrogens is 699 g/mol. The average molecular weight is 741 g/mol. The predicted octanol–water partition coefficient (Wildman–Crippen LogP) is 4.85. The highest BCUT2D eigenvalue weighted by Gasteiger charge is 2.58. The van der Waals surface area contributed by atoms with Crippen LogP contribution in [0.15, 0.2) is 73.3 Å². The van der Waals surface area contributed by atoms with Crippen LogP contribution in [0.3, 0.4) is 0 Å². The molecule has 2 aliphatic heterocycles. The lowest BCUT2D eigenvalue weighted by Crippen LogP contribution is -2.50. The molecule has 2 aromatic carbocycles. The van der Waals surface area contributed by atoms with Crippen LogP contribution >= 0.6 is 7.75 Å². The number of esters is 1. The third-order valence-corrected chi connectivity index (χ3v) is 9.88. The van der Waals surface area contributed by atoms with Crippen molar-refractivity contribution < 1.29 is 51.6 Å². The fourth-order valence-corrected chi connectivity index (χ4v) is 7.08. The number of hydrogen-bond acceptors (Lipinski definition) is 14. The summed E-state index contributed by atoms with van der Waals surface area (Å²) in [6.07, 6.45) is -1.02. The molecule has 0 spiro atoms. The monoisotopic (exact) mass is 740 g/mol. The molecule has 0 aliphatic carbocycles. The summed E-state index contributed by atoms with van der Waals surface area (Å²) < 4.78 is 62.0. The minimum atomic E-state index is -4.07. The zero-order valence-corrected chi connectivity index (χ0v) is 30.0. The van der Waals surface area contributed by atoms with Crippen molar-refractivity contribution in [2.75, 3.05) is 25.5 Å². The topological polar surface area (TPSA) is 193 Å². The Kier molecular flexibility index (Phi) is 11.9. The summed E-state index contributed by atoms with van der Waals surface area (Å²) in [6.45, 7) is 6.08. The van der Waals surface area contributed by atoms with Gasteiger partial charge in [-0.3, -0.25) is 23.7 Å². The van der Waals surface area contributed by atoms with Gasteiger partial charge in [0.2, 0.25) is 0 Å². The fraction of sp³-hybridized carbons (Fsp3) is 0.441. The Hall–Kier alpha value is -4.32. The molecule has 6 rings (SSSR count). The molecule has 3 unspecified atom stereocenters. The van der Waals surface area contributed by atoms with Crippen molar-refractivity contribution in [2.24, 2.45) is 0 Å². The van der Waals surface area contributed by atoms with Gasteiger partial charge in [0.25, 0.3) is 0 Å². The lowest BCUT2D eigenvalue weighted by molar-refractivity contribution is -0.213. The molecule has 52 heavy (non-hydrogen) atoms. The second-order valence-electron chi connectivity index (χ2n) is 12.5. The van der Waals surface area contributed by atoms with Crippen LogP contribution in [0.2, 0.25) is 0 Å². The van der Waals surface area contributed by atoms with Crippen LogP contribution in [0.1, 0.15) is 45.0 Å². The van der Waals surface area contributed by atoms with Gasteiger partial charge in [-0.25, -0.2) is 29.4 Å². The van der Waals surface area contributed by atoms with Crippen LogP contribution < -0.4 is 10.4 Å². The number of anilines is 1. The van der Waals surface area contributed by atoms with E-state index >= 15 is 0 Å². The van der Waals surface area contributed by atoms with Crippen molar-refractivity contribution >= 4 is 36.8 Å². The maximum absolute atomic E-state index is 13.6. The molecular formula is C34H41N6O11P. The maximum atomic E-state index is 13.6. The summed E-state index contributed by atoms with van der Waals surface area (Å²) in [7, 11) is -4.07. The highest BCUT2D eigenvalue weighted by Crippen LogP contribution is 2.50. The Balaban J connectivity index is 1.22. The summed E-state index contributed by atoms with van der Waals surface area (Å²) in [5.74, 6) is -0.510. The first-order valence-electron chi connectivity index (χ1n) is 16.6. The molecule has 2 saturated heterocycles. The van der Waals surface area contributed by atoms with Crippen molar-refractivity contribution in [3.05, 3.63) is 84.4 Å². The molecule has 1 amide bonds. The van der Waals surface area contributed by atoms with E-state index in [1.54, 1.807) is 25.3 Å². The number of carbonyl (C=O) groups excluding carboxylic acids is 2. The van der Waals surface area contributed by atoms with Crippen LogP contribution in [-0.4, -0.2) is 81.7 Å². The summed E-state index contributed by atoms with van der Waals surface area (Å²) in [5.41, 5.74) is 1.03. The van der Waals surface area contributed by atoms with E-state index in [2.05, 4.69) is 25.4 Å². The highest BCUT2D eigenvalue weighted by atomic mass is 31.2. The molecule has 0 saturated carbocycles. The normalized spacial score (nSPS) is 25.2. The zero-order valence-electron chi connectivity index (χ0n) is 29.1. The standard InChI is InChI=1S/C34H41N6O11P/c1-22(2)50-31(41)23(3)39-52(43)48-17-26-28(46-21-49-52)34(4,47-20-44-15-24-11-7-5-8-12-24)32(51-26)40-19-37-27-29(35-18-36-30(27)40)38-33(42)45-16-25-13-9-6-10-14-25/h5-14,18-19,22-23,26,28,32H,15-17,20-21H2,1-4H3,(H,39,43)(H,35,36,38,42)/t23?,26-,28?,32-,34+,52?/m1/s1. The molecule has 2 N–H and O–H groups in total. The van der Waals surface area contributed by atoms with Crippen LogP contribution in [0, 0.1) is 0 Å². The molecule has 2 aliphatic rings. The molecule has 0 radical (unpaired) electrons. The molecule has 18 heteroatoms. The molecule has 2 aromatic heterocycles. The smallest absolute Gasteiger partial charge is 0.413 e. The van der Waals surface area contributed by atoms with Crippen molar-refractivity contribution in [3.8, 4) is 0 Å². The van der Waals surface area contributed by atoms with E-state index in [1.165, 1.54) is 19.6 Å². The maximum Gasteiger partial charge on any atom is 0.413 e. The average Bonchev–Trinajstić information content (AvgIpc) is 3.67. The third-order valence-electron chi connectivity index (χ3n) is 8.24. The lowest BCUT2D eigenvalue weighted by Gasteiger charge is -2.36. The molecule has 4 heterocycles. The van der Waals surface area contributed by atoms with Gasteiger partial charge in [0, 0.05) is 0 Å². The number of benzene rings is 2. The first-order chi connectivity index (χ1) is 25.0. The molecule has 17 nitrogen and oxygen atoms in total. The number of nitrogens with zero attached hydrogens (tertiary/aromatic N) is 4. The van der Waals surface area contributed by atoms with E-state index in [4.69, 9.17) is 37.5 Å². The molecule has 278 valence electrons. The van der Waals surface area contributed by atoms with Crippen molar-refractivity contribution in [1.82, 2.24) is 24.6 Å². The van der Waals surface area contributed by atoms with Crippen molar-refractivity contribution in [2.45, 2.75) is 77.1 Å². The van der Waals surface area contributed by atoms with Gasteiger partial charge in [0.15, 0.2) is 30.0 Å². The fourth-order valence-electron chi connectivity index (χ4n) is 5.73. The summed E-state index contributed by atoms with van der Waals surface area (Å²) >= 11 is 0. The van der Waals surface area contributed by atoms with Gasteiger partial charge >= 0.3 is 19.8 Å². The van der Waals surface area contributed by atoms with E-state index in [9.17, 15) is 14.2 Å². The minimum absolute atomic E-state index is 0.0608. The molecule has 6 atom stereocenters. The highest BCUT2D eigenvalue weighted by molar-refractivity contribution is 7.51. The van der Waals surface area contributed by atoms with Crippen LogP contribution in [0.25, 0.3) is 11.2 Å². The number of ether oxygens (including phenoxy) is 6. The molecule has 0 bridgehead atoms. The van der Waals surface area contributed by atoms with E-state index in [1.807, 2.05) is 60.7 Å². The summed E-state index contributed by atoms with van der Waals surface area (Å²) in [4.78, 5) is 38.2. The largest absolute Gasteiger partial charge is 0.462 e. The number of nitrogens with one attached hydrogen (secondary N) is 2. The Morgan fingerprint density at radius 3 is 2.42 bits per heavy atom. The number of imidazole rings is 1. The quantitative estimate of drug-likeness (QED) is 0.0817. The molecule has 4 aromatic rings. The van der Waals surface area contributed by atoms with Gasteiger partial charge in [-0.15, -0.1) is 0 Å². The Morgan fingerprint density at radius 2 is 1.71 bits per heavy atom. The number of aromatic nitrogens is 4. The van der Waals surface area contributed by atoms with Crippen LogP contribution in [-0.2, 0) is 60.0 Å². The predicted molar refractivity (Wildman–Crippen MR) is 183 cm³/mol. The van der Waals surface area contributed by atoms with E-state index in [0.29, 0.717) is 5.65 Å². The minimum Gasteiger partial charge on any atom is -0.462 e. The number of hydrogen-bond donors (Lipinski definition) is 2. The number of rotatable bonds is 13. The van der Waals surface area contributed by atoms with Crippen molar-refractivity contribution in [1.29, 1.82) is 0 Å². The molecule has 2 fully saturated rings. The number of carbonyl (C=O) groups is 2. The van der Waals surface area contributed by atoms with Gasteiger partial charge in [-0.2, -0.15) is 0 Å². The van der Waals surface area contributed by atoms with E-state index in [0.717, 1.165) is 11.1 Å². The Bertz CT molecular complexity index is 1870. The zero-order chi connectivity index (χ0) is 36.7. The van der Waals surface area contributed by atoms with Crippen LogP contribution in [0.4, 0.5) is 10.6 Å². The van der Waals surface area contributed by atoms with Crippen molar-refractivity contribution in [3.63, 3.8) is 0 Å². The Labute approximate surface area is 299 Å². The second-order valence-corrected chi connectivity index (χ2v) is 14.3.